The molecule has 2 aromatic carbocycles. The van der Waals surface area contributed by atoms with Gasteiger partial charge in [-0.05, 0) is 49.2 Å². The number of carbonyl (C=O) groups excluding carboxylic acids is 6. The van der Waals surface area contributed by atoms with Crippen LogP contribution in [-0.2, 0) is 48.5 Å². The molecule has 0 amide bonds. The van der Waals surface area contributed by atoms with Gasteiger partial charge in [0.25, 0.3) is 0 Å². The van der Waals surface area contributed by atoms with Crippen LogP contribution < -0.4 is 0 Å². The fraction of sp³-hybridized carbons (Fsp3) is 0.571. The minimum atomic E-state index is -8.52. The van der Waals surface area contributed by atoms with Crippen LogP contribution in [0.5, 0.6) is 0 Å². The minimum Gasteiger partial charge on any atom is -0.247 e. The van der Waals surface area contributed by atoms with Crippen molar-refractivity contribution < 1.29 is 163 Å². The van der Waals surface area contributed by atoms with Crippen LogP contribution in [-0.4, -0.2) is 108 Å². The van der Waals surface area contributed by atoms with Crippen LogP contribution in [0, 0.1) is 0 Å². The first-order valence-electron chi connectivity index (χ1n) is 21.5. The summed E-state index contributed by atoms with van der Waals surface area (Å²) in [5.74, 6) is -94.5. The summed E-state index contributed by atoms with van der Waals surface area (Å²) >= 11 is 23.1. The molecule has 2 rings (SSSR count). The molecule has 0 saturated heterocycles. The fourth-order valence-corrected chi connectivity index (χ4v) is 5.93. The van der Waals surface area contributed by atoms with Gasteiger partial charge in [-0.3, -0.25) is 0 Å². The standard InChI is InChI=1S/C14H6Cl4O4.C14H2F24O4.C14H26O4/c15-7-1-3-9(11(17)5-7)13(19)21-22-14(20)10-4-2-8(16)6-12(10)18;15-1(16)5(19,20)9(27,28)13(35,36)11(31,32)7(23,24)3(39)41-42-4(40)8(25,26)12(33,34)14(37,38)10(29,30)6(21,22)2(17)18;1-3-5-7-9-11-13(15)17-18-14(16)12-10-8-6-4-2/h1-6H;1-2H;3-12H2,1-2H3. The van der Waals surface area contributed by atoms with E-state index in [0.717, 1.165) is 51.4 Å². The van der Waals surface area contributed by atoms with Crippen molar-refractivity contribution in [2.45, 2.75) is 150 Å². The Balaban J connectivity index is 0.00000136. The van der Waals surface area contributed by atoms with E-state index in [4.69, 9.17) is 46.4 Å². The van der Waals surface area contributed by atoms with E-state index in [1.807, 2.05) is 9.78 Å². The molecule has 12 nitrogen and oxygen atoms in total. The summed E-state index contributed by atoms with van der Waals surface area (Å²) in [5, 5.41) is 0.842. The zero-order chi connectivity index (χ0) is 64.6. The van der Waals surface area contributed by atoms with E-state index in [2.05, 4.69) is 33.4 Å². The first kappa shape index (κ1) is 76.7. The number of benzene rings is 2. The van der Waals surface area contributed by atoms with E-state index in [-0.39, 0.29) is 21.2 Å². The molecule has 0 radical (unpaired) electrons. The Morgan fingerprint density at radius 1 is 0.390 bits per heavy atom. The maximum Gasteiger partial charge on any atom is 0.431 e. The molecule has 0 atom stereocenters. The third-order valence-electron chi connectivity index (χ3n) is 9.65. The van der Waals surface area contributed by atoms with Crippen molar-refractivity contribution in [3.63, 3.8) is 0 Å². The highest BCUT2D eigenvalue weighted by Crippen LogP contribution is 2.60. The number of unbranched alkanes of at least 4 members (excludes halogenated alkanes) is 6. The molecule has 0 heterocycles. The number of rotatable bonds is 24. The highest BCUT2D eigenvalue weighted by molar-refractivity contribution is 6.37. The molecule has 0 aliphatic heterocycles. The molecule has 0 aliphatic rings. The van der Waals surface area contributed by atoms with E-state index < -0.39 is 108 Å². The summed E-state index contributed by atoms with van der Waals surface area (Å²) in [5.41, 5.74) is 0.00198. The molecule has 470 valence electrons. The first-order valence-corrected chi connectivity index (χ1v) is 23.0. The van der Waals surface area contributed by atoms with Crippen LogP contribution in [0.15, 0.2) is 36.4 Å². The SMILES string of the molecule is CCCCCCC(=O)OOC(=O)CCCCCC.O=C(OOC(=O)C(F)(F)C(F)(F)C(F)(F)C(F)(F)C(F)(F)C(F)F)C(F)(F)C(F)(F)C(F)(F)C(F)(F)C(F)(F)C(F)F.O=C(OOC(=O)c1ccc(Cl)cc1Cl)c1ccc(Cl)cc1Cl. The maximum absolute atomic E-state index is 13.4. The molecular formula is C42H34Cl4F24O12. The molecule has 0 aromatic heterocycles. The number of carbonyl (C=O) groups is 6. The van der Waals surface area contributed by atoms with Gasteiger partial charge in [-0.25, -0.2) is 75.7 Å². The summed E-state index contributed by atoms with van der Waals surface area (Å²) in [4.78, 5) is 88.9. The molecule has 0 N–H and O–H groups in total. The second-order valence-corrected chi connectivity index (χ2v) is 17.4. The second-order valence-electron chi connectivity index (χ2n) is 15.7. The molecule has 0 unspecified atom stereocenters. The van der Waals surface area contributed by atoms with Gasteiger partial charge in [0.15, 0.2) is 0 Å². The zero-order valence-electron chi connectivity index (χ0n) is 40.2. The highest BCUT2D eigenvalue weighted by Gasteiger charge is 2.91. The molecule has 0 saturated carbocycles. The predicted octanol–water partition coefficient (Wildman–Crippen LogP) is 16.0. The van der Waals surface area contributed by atoms with Gasteiger partial charge in [0, 0.05) is 10.0 Å². The Bertz CT molecular complexity index is 2340. The lowest BCUT2D eigenvalue weighted by molar-refractivity contribution is -0.416. The number of halogens is 28. The minimum absolute atomic E-state index is 0.000990. The van der Waals surface area contributed by atoms with Gasteiger partial charge in [-0.15, -0.1) is 0 Å². The summed E-state index contributed by atoms with van der Waals surface area (Å²) < 4.78 is 310. The van der Waals surface area contributed by atoms with E-state index >= 15 is 0 Å². The van der Waals surface area contributed by atoms with Crippen LogP contribution >= 0.6 is 46.4 Å². The van der Waals surface area contributed by atoms with Gasteiger partial charge in [0.1, 0.15) is 0 Å². The molecule has 0 spiro atoms. The Labute approximate surface area is 462 Å². The summed E-state index contributed by atoms with van der Waals surface area (Å²) in [7, 11) is 0. The van der Waals surface area contributed by atoms with Crippen molar-refractivity contribution in [2.24, 2.45) is 0 Å². The molecule has 0 fully saturated rings. The Morgan fingerprint density at radius 2 is 0.671 bits per heavy atom. The lowest BCUT2D eigenvalue weighted by atomic mass is 9.94. The number of alkyl halides is 24. The maximum atomic E-state index is 13.4. The average molecular weight is 1330 g/mol. The molecule has 2 aromatic rings. The van der Waals surface area contributed by atoms with Crippen molar-refractivity contribution in [1.82, 2.24) is 0 Å². The van der Waals surface area contributed by atoms with Crippen LogP contribution in [0.3, 0.4) is 0 Å². The fourth-order valence-electron chi connectivity index (χ4n) is 4.96. The van der Waals surface area contributed by atoms with Crippen LogP contribution in [0.25, 0.3) is 0 Å². The number of hydrogen-bond donors (Lipinski definition) is 0. The van der Waals surface area contributed by atoms with Gasteiger partial charge in [0.2, 0.25) is 0 Å². The van der Waals surface area contributed by atoms with Crippen molar-refractivity contribution in [1.29, 1.82) is 0 Å². The lowest BCUT2D eigenvalue weighted by Gasteiger charge is -2.38. The van der Waals surface area contributed by atoms with Crippen LogP contribution in [0.2, 0.25) is 20.1 Å². The quantitative estimate of drug-likeness (QED) is 0.0425. The third kappa shape index (κ3) is 17.7. The van der Waals surface area contributed by atoms with Gasteiger partial charge >= 0.3 is 108 Å². The average Bonchev–Trinajstić information content (AvgIpc) is 3.36. The van der Waals surface area contributed by atoms with Gasteiger partial charge in [-0.1, -0.05) is 98.8 Å². The normalized spacial score (nSPS) is 13.0. The Kier molecular flexibility index (Phi) is 28.1. The second kappa shape index (κ2) is 30.0. The summed E-state index contributed by atoms with van der Waals surface area (Å²) in [6, 6.07) is 8.30. The smallest absolute Gasteiger partial charge is 0.247 e. The van der Waals surface area contributed by atoms with Crippen molar-refractivity contribution in [3.8, 4) is 0 Å². The first-order chi connectivity index (χ1) is 37.0. The number of hydrogen-bond acceptors (Lipinski definition) is 12. The highest BCUT2D eigenvalue weighted by atomic mass is 35.5. The summed E-state index contributed by atoms with van der Waals surface area (Å²) in [6.45, 7) is 4.22. The largest absolute Gasteiger partial charge is 0.431 e. The van der Waals surface area contributed by atoms with Crippen LogP contribution in [0.4, 0.5) is 105 Å². The van der Waals surface area contributed by atoms with Gasteiger partial charge in [-0.2, -0.15) is 87.8 Å². The molecule has 40 heteroatoms. The van der Waals surface area contributed by atoms with Crippen molar-refractivity contribution >= 4 is 82.2 Å². The van der Waals surface area contributed by atoms with Crippen molar-refractivity contribution in [3.05, 3.63) is 67.6 Å². The van der Waals surface area contributed by atoms with E-state index in [9.17, 15) is 134 Å². The predicted molar refractivity (Wildman–Crippen MR) is 227 cm³/mol. The third-order valence-corrected chi connectivity index (χ3v) is 10.7. The van der Waals surface area contributed by atoms with E-state index in [1.54, 1.807) is 0 Å². The summed E-state index contributed by atoms with van der Waals surface area (Å²) in [6.07, 6.45) is -3.36. The Morgan fingerprint density at radius 3 is 0.915 bits per heavy atom. The van der Waals surface area contributed by atoms with E-state index in [0.29, 0.717) is 22.9 Å². The topological polar surface area (TPSA) is 158 Å². The van der Waals surface area contributed by atoms with Crippen LogP contribution in [0.1, 0.15) is 98.8 Å². The zero-order valence-corrected chi connectivity index (χ0v) is 43.2. The molecule has 0 aliphatic carbocycles. The molecular weight excluding hydrogens is 1290 g/mol. The van der Waals surface area contributed by atoms with Gasteiger partial charge < -0.3 is 0 Å². The van der Waals surface area contributed by atoms with E-state index in [1.165, 1.54) is 36.4 Å². The molecule has 82 heavy (non-hydrogen) atoms. The lowest BCUT2D eigenvalue weighted by Crippen LogP contribution is -2.70. The van der Waals surface area contributed by atoms with Gasteiger partial charge in [0.05, 0.1) is 34.0 Å². The Hall–Kier alpha value is -5.26. The monoisotopic (exact) mass is 1330 g/mol. The van der Waals surface area contributed by atoms with Crippen molar-refractivity contribution in [2.75, 3.05) is 0 Å². The molecule has 0 bridgehead atoms.